The molecule has 0 radical (unpaired) electrons. The Kier molecular flexibility index (Phi) is 4.08. The Morgan fingerprint density at radius 1 is 1.42 bits per heavy atom. The van der Waals surface area contributed by atoms with Crippen molar-refractivity contribution in [1.82, 2.24) is 10.2 Å². The summed E-state index contributed by atoms with van der Waals surface area (Å²) < 4.78 is 0. The minimum Gasteiger partial charge on any atom is -0.391 e. The fourth-order valence-corrected chi connectivity index (χ4v) is 2.49. The third-order valence-corrected chi connectivity index (χ3v) is 3.67. The number of carbonyl (C=O) groups is 1. The molecule has 0 aromatic carbocycles. The molecule has 2 aliphatic rings. The molecule has 0 aromatic rings. The first-order chi connectivity index (χ1) is 9.02. The molecule has 0 bridgehead atoms. The average Bonchev–Trinajstić information content (AvgIpc) is 3.15. The van der Waals surface area contributed by atoms with Crippen LogP contribution >= 0.6 is 0 Å². The number of nitrogens with zero attached hydrogens (tertiary/aromatic N) is 1. The first-order valence-electron chi connectivity index (χ1n) is 6.93. The van der Waals surface area contributed by atoms with Crippen LogP contribution in [0.1, 0.15) is 32.1 Å². The number of allylic oxidation sites excluding steroid dienone is 3. The van der Waals surface area contributed by atoms with Crippen molar-refractivity contribution in [1.29, 1.82) is 5.41 Å². The third kappa shape index (κ3) is 3.25. The molecule has 19 heavy (non-hydrogen) atoms. The highest BCUT2D eigenvalue weighted by Crippen LogP contribution is 2.36. The predicted octanol–water partition coefficient (Wildman–Crippen LogP) is 2.09. The van der Waals surface area contributed by atoms with E-state index in [4.69, 9.17) is 5.41 Å². The lowest BCUT2D eigenvalue weighted by atomic mass is 9.85. The zero-order chi connectivity index (χ0) is 14.0. The van der Waals surface area contributed by atoms with E-state index < -0.39 is 0 Å². The Bertz CT molecular complexity index is 456. The van der Waals surface area contributed by atoms with Crippen LogP contribution < -0.4 is 5.32 Å². The molecule has 2 aliphatic carbocycles. The molecule has 104 valence electrons. The molecule has 2 fully saturated rings. The average molecular weight is 261 g/mol. The highest BCUT2D eigenvalue weighted by atomic mass is 16.1. The number of hydrogen-bond acceptors (Lipinski definition) is 4. The number of ketones is 1. The van der Waals surface area contributed by atoms with Crippen LogP contribution in [0.3, 0.4) is 0 Å². The van der Waals surface area contributed by atoms with Gasteiger partial charge in [-0.05, 0) is 38.0 Å². The van der Waals surface area contributed by atoms with E-state index in [-0.39, 0.29) is 5.78 Å². The molecular weight excluding hydrogens is 238 g/mol. The summed E-state index contributed by atoms with van der Waals surface area (Å²) >= 11 is 0. The second-order valence-corrected chi connectivity index (χ2v) is 5.68. The van der Waals surface area contributed by atoms with Crippen molar-refractivity contribution in [3.63, 3.8) is 0 Å². The predicted molar refractivity (Wildman–Crippen MR) is 77.2 cm³/mol. The van der Waals surface area contributed by atoms with Crippen molar-refractivity contribution in [2.75, 3.05) is 21.1 Å². The number of Topliss-reactive ketones (excluding diaryl/α,β-unsaturated/α-hetero) is 1. The highest BCUT2D eigenvalue weighted by Gasteiger charge is 2.30. The maximum atomic E-state index is 12.5. The van der Waals surface area contributed by atoms with E-state index in [1.165, 1.54) is 12.8 Å². The first kappa shape index (κ1) is 13.8. The van der Waals surface area contributed by atoms with Crippen LogP contribution in [0, 0.1) is 11.3 Å². The Hall–Kier alpha value is -1.58. The van der Waals surface area contributed by atoms with Gasteiger partial charge in [-0.1, -0.05) is 0 Å². The minimum absolute atomic E-state index is 0.0370. The fraction of sp³-hybridized carbons (Fsp3) is 0.600. The van der Waals surface area contributed by atoms with E-state index in [2.05, 4.69) is 5.32 Å². The monoisotopic (exact) mass is 261 g/mol. The lowest BCUT2D eigenvalue weighted by Gasteiger charge is -2.22. The zero-order valence-electron chi connectivity index (χ0n) is 12.0. The Morgan fingerprint density at radius 3 is 2.63 bits per heavy atom. The standard InChI is InChI=1S/C15H23N3O/c1-17-13(8-10-4-5-10)14-12(16)7-6-11(15(14)19)9-18(2)3/h9-10,16-17H,4-8H2,1-3H3/b11-9+,14-13+,16-12?. The molecule has 4 heteroatoms. The van der Waals surface area contributed by atoms with E-state index in [0.717, 1.165) is 17.7 Å². The quantitative estimate of drug-likeness (QED) is 0.762. The maximum absolute atomic E-state index is 12.5. The van der Waals surface area contributed by atoms with Crippen LogP contribution in [0.15, 0.2) is 23.0 Å². The van der Waals surface area contributed by atoms with Crippen molar-refractivity contribution in [3.05, 3.63) is 23.0 Å². The molecule has 0 heterocycles. The van der Waals surface area contributed by atoms with Crippen LogP contribution in [0.25, 0.3) is 0 Å². The third-order valence-electron chi connectivity index (χ3n) is 3.67. The number of rotatable bonds is 4. The minimum atomic E-state index is 0.0370. The summed E-state index contributed by atoms with van der Waals surface area (Å²) in [5.41, 5.74) is 2.89. The molecule has 0 unspecified atom stereocenters. The molecule has 0 saturated heterocycles. The molecule has 2 rings (SSSR count). The molecule has 2 saturated carbocycles. The maximum Gasteiger partial charge on any atom is 0.194 e. The van der Waals surface area contributed by atoms with Gasteiger partial charge in [0.05, 0.1) is 5.57 Å². The van der Waals surface area contributed by atoms with Crippen molar-refractivity contribution < 1.29 is 4.79 Å². The van der Waals surface area contributed by atoms with Crippen molar-refractivity contribution >= 4 is 11.5 Å². The Morgan fingerprint density at radius 2 is 2.11 bits per heavy atom. The number of carbonyl (C=O) groups excluding carboxylic acids is 1. The van der Waals surface area contributed by atoms with Crippen LogP contribution in [0.4, 0.5) is 0 Å². The van der Waals surface area contributed by atoms with Gasteiger partial charge in [0.2, 0.25) is 0 Å². The van der Waals surface area contributed by atoms with Gasteiger partial charge in [-0.15, -0.1) is 0 Å². The molecular formula is C15H23N3O. The van der Waals surface area contributed by atoms with Gasteiger partial charge in [-0.2, -0.15) is 0 Å². The summed E-state index contributed by atoms with van der Waals surface area (Å²) in [6.45, 7) is 0. The molecule has 0 atom stereocenters. The first-order valence-corrected chi connectivity index (χ1v) is 6.93. The van der Waals surface area contributed by atoms with Gasteiger partial charge >= 0.3 is 0 Å². The number of hydrogen-bond donors (Lipinski definition) is 2. The lowest BCUT2D eigenvalue weighted by Crippen LogP contribution is -2.27. The van der Waals surface area contributed by atoms with Gasteiger partial charge in [0.25, 0.3) is 0 Å². The van der Waals surface area contributed by atoms with Crippen molar-refractivity contribution in [2.45, 2.75) is 32.1 Å². The zero-order valence-corrected chi connectivity index (χ0v) is 12.0. The normalized spacial score (nSPS) is 24.7. The second kappa shape index (κ2) is 5.59. The smallest absolute Gasteiger partial charge is 0.194 e. The molecule has 4 nitrogen and oxygen atoms in total. The molecule has 0 spiro atoms. The summed E-state index contributed by atoms with van der Waals surface area (Å²) in [6, 6.07) is 0. The van der Waals surface area contributed by atoms with Gasteiger partial charge in [-0.3, -0.25) is 4.79 Å². The van der Waals surface area contributed by atoms with Crippen LogP contribution in [-0.2, 0) is 4.79 Å². The Balaban J connectivity index is 2.31. The van der Waals surface area contributed by atoms with Gasteiger partial charge in [0, 0.05) is 44.3 Å². The largest absolute Gasteiger partial charge is 0.391 e. The fourth-order valence-electron chi connectivity index (χ4n) is 2.49. The molecule has 2 N–H and O–H groups in total. The lowest BCUT2D eigenvalue weighted by molar-refractivity contribution is -0.112. The van der Waals surface area contributed by atoms with Crippen molar-refractivity contribution in [2.24, 2.45) is 5.92 Å². The number of nitrogens with one attached hydrogen (secondary N) is 2. The highest BCUT2D eigenvalue weighted by molar-refractivity contribution is 6.29. The molecule has 0 amide bonds. The summed E-state index contributed by atoms with van der Waals surface area (Å²) in [5.74, 6) is 0.744. The summed E-state index contributed by atoms with van der Waals surface area (Å²) in [6.07, 6.45) is 6.64. The van der Waals surface area contributed by atoms with Crippen molar-refractivity contribution in [3.8, 4) is 0 Å². The van der Waals surface area contributed by atoms with Crippen LogP contribution in [-0.4, -0.2) is 37.5 Å². The second-order valence-electron chi connectivity index (χ2n) is 5.68. The van der Waals surface area contributed by atoms with Gasteiger partial charge in [-0.25, -0.2) is 0 Å². The van der Waals surface area contributed by atoms with Gasteiger partial charge < -0.3 is 15.6 Å². The van der Waals surface area contributed by atoms with E-state index in [1.807, 2.05) is 32.2 Å². The van der Waals surface area contributed by atoms with Gasteiger partial charge in [0.15, 0.2) is 5.78 Å². The topological polar surface area (TPSA) is 56.2 Å². The summed E-state index contributed by atoms with van der Waals surface area (Å²) in [5, 5.41) is 11.2. The van der Waals surface area contributed by atoms with Gasteiger partial charge in [0.1, 0.15) is 0 Å². The van der Waals surface area contributed by atoms with Crippen LogP contribution in [0.5, 0.6) is 0 Å². The SMILES string of the molecule is CN/C(CC1CC1)=C1\C(=N)CC/C(=C\N(C)C)C1=O. The van der Waals surface area contributed by atoms with E-state index in [1.54, 1.807) is 0 Å². The molecule has 0 aliphatic heterocycles. The van der Waals surface area contributed by atoms with E-state index in [0.29, 0.717) is 30.0 Å². The van der Waals surface area contributed by atoms with Crippen LogP contribution in [0.2, 0.25) is 0 Å². The Labute approximate surface area is 115 Å². The molecule has 0 aromatic heterocycles. The van der Waals surface area contributed by atoms with E-state index >= 15 is 0 Å². The summed E-state index contributed by atoms with van der Waals surface area (Å²) in [7, 11) is 5.70. The van der Waals surface area contributed by atoms with E-state index in [9.17, 15) is 4.79 Å². The summed E-state index contributed by atoms with van der Waals surface area (Å²) in [4.78, 5) is 14.4.